The average Bonchev–Trinajstić information content (AvgIpc) is 2.79. The second-order valence-corrected chi connectivity index (χ2v) is 6.83. The van der Waals surface area contributed by atoms with Crippen LogP contribution in [-0.2, 0) is 13.5 Å². The second kappa shape index (κ2) is 8.23. The van der Waals surface area contributed by atoms with Crippen molar-refractivity contribution >= 4 is 22.6 Å². The molecule has 9 nitrogen and oxygen atoms in total. The first-order chi connectivity index (χ1) is 15.0. The van der Waals surface area contributed by atoms with Gasteiger partial charge in [-0.15, -0.1) is 0 Å². The highest BCUT2D eigenvalue weighted by Crippen LogP contribution is 2.20. The maximum atomic E-state index is 12.7. The summed E-state index contributed by atoms with van der Waals surface area (Å²) in [6.45, 7) is 0. The molecule has 0 aliphatic carbocycles. The van der Waals surface area contributed by atoms with Gasteiger partial charge in [-0.3, -0.25) is 24.1 Å². The molecule has 0 saturated carbocycles. The van der Waals surface area contributed by atoms with Gasteiger partial charge in [0.05, 0.1) is 18.5 Å². The quantitative estimate of drug-likeness (QED) is 0.479. The van der Waals surface area contributed by atoms with Crippen LogP contribution in [0.1, 0.15) is 11.3 Å². The number of ether oxygens (including phenoxy) is 1. The molecule has 2 N–H and O–H groups in total. The van der Waals surface area contributed by atoms with Gasteiger partial charge in [-0.1, -0.05) is 30.3 Å². The molecule has 4 aromatic rings. The number of hydrogen-bond donors (Lipinski definition) is 2. The molecule has 31 heavy (non-hydrogen) atoms. The van der Waals surface area contributed by atoms with E-state index in [-0.39, 0.29) is 23.3 Å². The molecule has 0 amide bonds. The van der Waals surface area contributed by atoms with E-state index < -0.39 is 16.8 Å². The number of aromatic nitrogens is 4. The molecule has 0 radical (unpaired) electrons. The van der Waals surface area contributed by atoms with Crippen molar-refractivity contribution in [3.63, 3.8) is 0 Å². The Labute approximate surface area is 175 Å². The lowest BCUT2D eigenvalue weighted by atomic mass is 10.1. The van der Waals surface area contributed by atoms with Crippen molar-refractivity contribution in [1.29, 1.82) is 0 Å². The molecule has 0 spiro atoms. The predicted molar refractivity (Wildman–Crippen MR) is 118 cm³/mol. The number of nitrogens with zero attached hydrogens (tertiary/aromatic N) is 3. The Morgan fingerprint density at radius 3 is 2.39 bits per heavy atom. The molecule has 2 aromatic carbocycles. The summed E-state index contributed by atoms with van der Waals surface area (Å²) in [4.78, 5) is 50.5. The van der Waals surface area contributed by atoms with E-state index >= 15 is 0 Å². The summed E-state index contributed by atoms with van der Waals surface area (Å²) in [7, 11) is 3.03. The van der Waals surface area contributed by atoms with Crippen LogP contribution in [0, 0.1) is 0 Å². The van der Waals surface area contributed by atoms with Gasteiger partial charge in [0, 0.05) is 13.5 Å². The van der Waals surface area contributed by atoms with Crippen molar-refractivity contribution in [1.82, 2.24) is 19.5 Å². The standard InChI is InChI=1S/C22H19N5O4/c1-27-19-18(21(29)26-22(27)30)24-17(20(28)25-19)12-16(13-6-4-3-5-7-13)23-14-8-10-15(31-2)11-9-14/h3-11H,12H2,1-2H3,(H,25,28)(H,26,29,30). The van der Waals surface area contributed by atoms with Gasteiger partial charge in [-0.25, -0.2) is 9.78 Å². The molecule has 4 rings (SSSR count). The van der Waals surface area contributed by atoms with E-state index in [0.717, 1.165) is 10.1 Å². The van der Waals surface area contributed by atoms with Crippen LogP contribution in [0.15, 0.2) is 74.0 Å². The third-order valence-electron chi connectivity index (χ3n) is 4.82. The van der Waals surface area contributed by atoms with Crippen molar-refractivity contribution < 1.29 is 4.74 Å². The lowest BCUT2D eigenvalue weighted by Crippen LogP contribution is -2.32. The van der Waals surface area contributed by atoms with E-state index in [0.29, 0.717) is 17.1 Å². The molecule has 2 heterocycles. The van der Waals surface area contributed by atoms with Crippen LogP contribution in [0.3, 0.4) is 0 Å². The van der Waals surface area contributed by atoms with Crippen LogP contribution >= 0.6 is 0 Å². The highest BCUT2D eigenvalue weighted by molar-refractivity contribution is 6.03. The van der Waals surface area contributed by atoms with Crippen LogP contribution in [0.5, 0.6) is 5.75 Å². The van der Waals surface area contributed by atoms with Gasteiger partial charge in [0.25, 0.3) is 11.1 Å². The molecule has 156 valence electrons. The maximum Gasteiger partial charge on any atom is 0.329 e. The van der Waals surface area contributed by atoms with Crippen LogP contribution in [0.2, 0.25) is 0 Å². The molecule has 9 heteroatoms. The zero-order chi connectivity index (χ0) is 22.0. The van der Waals surface area contributed by atoms with E-state index in [1.54, 1.807) is 31.4 Å². The molecule has 0 saturated heterocycles. The smallest absolute Gasteiger partial charge is 0.329 e. The number of rotatable bonds is 5. The largest absolute Gasteiger partial charge is 0.497 e. The van der Waals surface area contributed by atoms with Gasteiger partial charge >= 0.3 is 5.69 Å². The molecular formula is C22H19N5O4. The minimum atomic E-state index is -0.663. The topological polar surface area (TPSA) is 122 Å². The van der Waals surface area contributed by atoms with Gasteiger partial charge in [0.2, 0.25) is 0 Å². The number of aromatic amines is 2. The average molecular weight is 417 g/mol. The molecule has 0 atom stereocenters. The lowest BCUT2D eigenvalue weighted by Gasteiger charge is -2.09. The summed E-state index contributed by atoms with van der Waals surface area (Å²) < 4.78 is 6.32. The minimum Gasteiger partial charge on any atom is -0.497 e. The third-order valence-corrected chi connectivity index (χ3v) is 4.82. The van der Waals surface area contributed by atoms with Crippen LogP contribution in [0.4, 0.5) is 5.69 Å². The summed E-state index contributed by atoms with van der Waals surface area (Å²) in [5.41, 5.74) is 0.469. The summed E-state index contributed by atoms with van der Waals surface area (Å²) in [5.74, 6) is 0.706. The van der Waals surface area contributed by atoms with E-state index in [2.05, 4.69) is 15.0 Å². The summed E-state index contributed by atoms with van der Waals surface area (Å²) >= 11 is 0. The number of H-pyrrole nitrogens is 2. The predicted octanol–water partition coefficient (Wildman–Crippen LogP) is 1.68. The Balaban J connectivity index is 1.84. The maximum absolute atomic E-state index is 12.7. The van der Waals surface area contributed by atoms with Crippen LogP contribution in [-0.4, -0.2) is 32.3 Å². The van der Waals surface area contributed by atoms with E-state index in [1.807, 2.05) is 30.3 Å². The molecule has 0 unspecified atom stereocenters. The molecule has 0 aliphatic rings. The Hall–Kier alpha value is -4.27. The van der Waals surface area contributed by atoms with Crippen molar-refractivity contribution in [2.45, 2.75) is 6.42 Å². The summed E-state index contributed by atoms with van der Waals surface area (Å²) in [5, 5.41) is 0. The van der Waals surface area contributed by atoms with E-state index in [4.69, 9.17) is 9.73 Å². The Bertz CT molecular complexity index is 1450. The number of benzene rings is 2. The van der Waals surface area contributed by atoms with Gasteiger partial charge in [0.15, 0.2) is 5.52 Å². The molecule has 0 aliphatic heterocycles. The number of fused-ring (bicyclic) bond motifs is 1. The number of aliphatic imine (C=N–C) groups is 1. The summed E-state index contributed by atoms with van der Waals surface area (Å²) in [6, 6.07) is 16.6. The molecule has 0 fully saturated rings. The van der Waals surface area contributed by atoms with Crippen molar-refractivity contribution in [3.05, 3.63) is 97.0 Å². The van der Waals surface area contributed by atoms with Gasteiger partial charge in [-0.2, -0.15) is 0 Å². The Morgan fingerprint density at radius 1 is 1.00 bits per heavy atom. The lowest BCUT2D eigenvalue weighted by molar-refractivity contribution is 0.415. The first-order valence-electron chi connectivity index (χ1n) is 9.45. The number of nitrogens with one attached hydrogen (secondary N) is 2. The number of methoxy groups -OCH3 is 1. The van der Waals surface area contributed by atoms with Crippen LogP contribution in [0.25, 0.3) is 11.2 Å². The third kappa shape index (κ3) is 4.06. The zero-order valence-corrected chi connectivity index (χ0v) is 16.9. The highest BCUT2D eigenvalue weighted by Gasteiger charge is 2.14. The molecule has 2 aromatic heterocycles. The zero-order valence-electron chi connectivity index (χ0n) is 16.9. The molecular weight excluding hydrogens is 398 g/mol. The van der Waals surface area contributed by atoms with Gasteiger partial charge in [0.1, 0.15) is 17.1 Å². The monoisotopic (exact) mass is 417 g/mol. The SMILES string of the molecule is COc1ccc(N=C(Cc2nc3c(=O)[nH]c(=O)n(C)c3[nH]c2=O)c2ccccc2)cc1. The van der Waals surface area contributed by atoms with E-state index in [9.17, 15) is 14.4 Å². The first-order valence-corrected chi connectivity index (χ1v) is 9.45. The summed E-state index contributed by atoms with van der Waals surface area (Å²) in [6.07, 6.45) is 0.0869. The number of hydrogen-bond acceptors (Lipinski definition) is 6. The highest BCUT2D eigenvalue weighted by atomic mass is 16.5. The van der Waals surface area contributed by atoms with Gasteiger partial charge in [-0.05, 0) is 29.8 Å². The van der Waals surface area contributed by atoms with Gasteiger partial charge < -0.3 is 9.72 Å². The minimum absolute atomic E-state index is 0.0199. The Morgan fingerprint density at radius 2 is 1.71 bits per heavy atom. The van der Waals surface area contributed by atoms with Crippen molar-refractivity contribution in [2.75, 3.05) is 7.11 Å². The fourth-order valence-corrected chi connectivity index (χ4v) is 3.15. The first kappa shape index (κ1) is 20.0. The second-order valence-electron chi connectivity index (χ2n) is 6.83. The Kier molecular flexibility index (Phi) is 5.31. The van der Waals surface area contributed by atoms with Crippen molar-refractivity contribution in [3.8, 4) is 5.75 Å². The molecule has 0 bridgehead atoms. The van der Waals surface area contributed by atoms with E-state index in [1.165, 1.54) is 7.05 Å². The van der Waals surface area contributed by atoms with Crippen molar-refractivity contribution in [2.24, 2.45) is 12.0 Å². The normalized spacial score (nSPS) is 11.6. The fourth-order valence-electron chi connectivity index (χ4n) is 3.15. The number of aryl methyl sites for hydroxylation is 1. The fraction of sp³-hybridized carbons (Fsp3) is 0.136. The van der Waals surface area contributed by atoms with Crippen LogP contribution < -0.4 is 21.5 Å².